The molecule has 2 aromatic heterocycles. The second-order valence-electron chi connectivity index (χ2n) is 6.66. The van der Waals surface area contributed by atoms with Crippen molar-refractivity contribution in [2.24, 2.45) is 0 Å². The van der Waals surface area contributed by atoms with E-state index in [1.54, 1.807) is 0 Å². The van der Waals surface area contributed by atoms with Crippen LogP contribution in [0.1, 0.15) is 29.0 Å². The number of thiophene rings is 1. The molecule has 3 aromatic rings. The minimum atomic E-state index is 0.116. The van der Waals surface area contributed by atoms with Gasteiger partial charge in [0.2, 0.25) is 5.91 Å². The Morgan fingerprint density at radius 2 is 2.24 bits per heavy atom. The van der Waals surface area contributed by atoms with Crippen LogP contribution in [0.15, 0.2) is 41.9 Å². The van der Waals surface area contributed by atoms with E-state index in [4.69, 9.17) is 0 Å². The predicted octanol–water partition coefficient (Wildman–Crippen LogP) is 3.51. The highest BCUT2D eigenvalue weighted by Gasteiger charge is 2.25. The topological polar surface area (TPSA) is 48.1 Å². The lowest BCUT2D eigenvalue weighted by atomic mass is 10.0. The molecule has 5 heteroatoms. The van der Waals surface area contributed by atoms with Gasteiger partial charge in [-0.1, -0.05) is 18.2 Å². The fourth-order valence-electron chi connectivity index (χ4n) is 3.69. The number of para-hydroxylation sites is 1. The van der Waals surface area contributed by atoms with Crippen molar-refractivity contribution in [1.82, 2.24) is 15.2 Å². The van der Waals surface area contributed by atoms with Crippen LogP contribution in [-0.2, 0) is 17.6 Å². The molecule has 0 saturated carbocycles. The summed E-state index contributed by atoms with van der Waals surface area (Å²) in [5.74, 6) is 0.116. The number of carbonyl (C=O) groups excluding carboxylic acids is 1. The Morgan fingerprint density at radius 3 is 3.16 bits per heavy atom. The monoisotopic (exact) mass is 353 g/mol. The molecule has 0 bridgehead atoms. The van der Waals surface area contributed by atoms with Crippen molar-refractivity contribution in [3.63, 3.8) is 0 Å². The Hall–Kier alpha value is -2.11. The summed E-state index contributed by atoms with van der Waals surface area (Å²) in [5.41, 5.74) is 3.80. The van der Waals surface area contributed by atoms with Crippen LogP contribution in [0.25, 0.3) is 10.9 Å². The molecule has 0 radical (unpaired) electrons. The quantitative estimate of drug-likeness (QED) is 0.737. The summed E-state index contributed by atoms with van der Waals surface area (Å²) in [6, 6.07) is 10.8. The van der Waals surface area contributed by atoms with Gasteiger partial charge in [-0.25, -0.2) is 0 Å². The zero-order chi connectivity index (χ0) is 17.2. The molecule has 1 aliphatic heterocycles. The zero-order valence-corrected chi connectivity index (χ0v) is 15.2. The molecule has 0 spiro atoms. The van der Waals surface area contributed by atoms with Gasteiger partial charge in [0.25, 0.3) is 0 Å². The maximum absolute atomic E-state index is 12.3. The third kappa shape index (κ3) is 3.34. The molecule has 1 amide bonds. The number of aromatic nitrogens is 1. The lowest BCUT2D eigenvalue weighted by molar-refractivity contribution is -0.122. The minimum Gasteiger partial charge on any atom is -0.361 e. The van der Waals surface area contributed by atoms with Crippen LogP contribution in [0, 0.1) is 0 Å². The van der Waals surface area contributed by atoms with E-state index in [1.165, 1.54) is 21.4 Å². The third-order valence-electron chi connectivity index (χ3n) is 5.14. The number of rotatable bonds is 5. The second kappa shape index (κ2) is 7.02. The standard InChI is InChI=1S/C20H23N3OS/c1-14-16-8-11-25-19(16)7-10-23(14)13-20(24)21-9-6-15-12-22-18-5-3-2-4-17(15)18/h2-5,8,11-12,14,22H,6-7,9-10,13H2,1H3,(H,21,24)/t14-/m1/s1. The largest absolute Gasteiger partial charge is 0.361 e. The Morgan fingerprint density at radius 1 is 1.36 bits per heavy atom. The van der Waals surface area contributed by atoms with E-state index in [9.17, 15) is 4.79 Å². The van der Waals surface area contributed by atoms with Gasteiger partial charge in [0.1, 0.15) is 0 Å². The molecule has 0 unspecified atom stereocenters. The van der Waals surface area contributed by atoms with Crippen molar-refractivity contribution >= 4 is 28.1 Å². The van der Waals surface area contributed by atoms with E-state index in [2.05, 4.69) is 51.8 Å². The summed E-state index contributed by atoms with van der Waals surface area (Å²) in [5, 5.41) is 6.48. The molecule has 2 N–H and O–H groups in total. The Kier molecular flexibility index (Phi) is 4.59. The number of carbonyl (C=O) groups is 1. The number of H-pyrrole nitrogens is 1. The van der Waals surface area contributed by atoms with Crippen LogP contribution in [0.3, 0.4) is 0 Å². The first-order chi connectivity index (χ1) is 12.2. The molecule has 3 heterocycles. The van der Waals surface area contributed by atoms with Crippen LogP contribution in [0.2, 0.25) is 0 Å². The van der Waals surface area contributed by atoms with E-state index in [0.717, 1.165) is 24.9 Å². The van der Waals surface area contributed by atoms with Gasteiger partial charge in [-0.05, 0) is 48.4 Å². The number of nitrogens with one attached hydrogen (secondary N) is 2. The Balaban J connectivity index is 1.30. The van der Waals surface area contributed by atoms with Crippen LogP contribution < -0.4 is 5.32 Å². The van der Waals surface area contributed by atoms with Crippen molar-refractivity contribution in [2.45, 2.75) is 25.8 Å². The minimum absolute atomic E-state index is 0.116. The summed E-state index contributed by atoms with van der Waals surface area (Å²) in [4.78, 5) is 19.4. The highest BCUT2D eigenvalue weighted by molar-refractivity contribution is 7.10. The van der Waals surface area contributed by atoms with Crippen LogP contribution >= 0.6 is 11.3 Å². The van der Waals surface area contributed by atoms with Gasteiger partial charge in [0.15, 0.2) is 0 Å². The van der Waals surface area contributed by atoms with E-state index >= 15 is 0 Å². The number of nitrogens with zero attached hydrogens (tertiary/aromatic N) is 1. The lowest BCUT2D eigenvalue weighted by Crippen LogP contribution is -2.41. The van der Waals surface area contributed by atoms with Crippen molar-refractivity contribution in [1.29, 1.82) is 0 Å². The number of hydrogen-bond acceptors (Lipinski definition) is 3. The van der Waals surface area contributed by atoms with Crippen LogP contribution in [0.5, 0.6) is 0 Å². The van der Waals surface area contributed by atoms with Crippen molar-refractivity contribution in [3.8, 4) is 0 Å². The van der Waals surface area contributed by atoms with Gasteiger partial charge in [-0.3, -0.25) is 9.69 Å². The molecule has 25 heavy (non-hydrogen) atoms. The van der Waals surface area contributed by atoms with Gasteiger partial charge >= 0.3 is 0 Å². The molecular weight excluding hydrogens is 330 g/mol. The average Bonchev–Trinajstić information content (AvgIpc) is 3.25. The van der Waals surface area contributed by atoms with Gasteiger partial charge in [0.05, 0.1) is 6.54 Å². The summed E-state index contributed by atoms with van der Waals surface area (Å²) < 4.78 is 0. The summed E-state index contributed by atoms with van der Waals surface area (Å²) in [6.45, 7) is 4.31. The highest BCUT2D eigenvalue weighted by atomic mass is 32.1. The van der Waals surface area contributed by atoms with E-state index in [0.29, 0.717) is 19.1 Å². The molecule has 1 aromatic carbocycles. The number of fused-ring (bicyclic) bond motifs is 2. The average molecular weight is 353 g/mol. The third-order valence-corrected chi connectivity index (χ3v) is 6.14. The molecule has 0 aliphatic carbocycles. The zero-order valence-electron chi connectivity index (χ0n) is 14.4. The van der Waals surface area contributed by atoms with E-state index in [-0.39, 0.29) is 5.91 Å². The summed E-state index contributed by atoms with van der Waals surface area (Å²) >= 11 is 1.83. The number of hydrogen-bond donors (Lipinski definition) is 2. The van der Waals surface area contributed by atoms with E-state index in [1.807, 2.05) is 23.6 Å². The smallest absolute Gasteiger partial charge is 0.234 e. The first kappa shape index (κ1) is 16.4. The maximum Gasteiger partial charge on any atom is 0.234 e. The summed E-state index contributed by atoms with van der Waals surface area (Å²) in [6.07, 6.45) is 3.95. The van der Waals surface area contributed by atoms with E-state index < -0.39 is 0 Å². The highest BCUT2D eigenvalue weighted by Crippen LogP contribution is 2.32. The number of aromatic amines is 1. The Bertz CT molecular complexity index is 882. The molecule has 0 fully saturated rings. The SMILES string of the molecule is C[C@@H]1c2ccsc2CCN1CC(=O)NCCc1c[nH]c2ccccc12. The predicted molar refractivity (Wildman–Crippen MR) is 103 cm³/mol. The van der Waals surface area contributed by atoms with Crippen molar-refractivity contribution in [2.75, 3.05) is 19.6 Å². The molecule has 0 saturated heterocycles. The van der Waals surface area contributed by atoms with Gasteiger partial charge in [-0.15, -0.1) is 11.3 Å². The number of benzene rings is 1. The Labute approximate surface area is 151 Å². The molecule has 4 nitrogen and oxygen atoms in total. The normalized spacial score (nSPS) is 17.6. The molecular formula is C20H23N3OS. The van der Waals surface area contributed by atoms with Crippen LogP contribution in [-0.4, -0.2) is 35.4 Å². The summed E-state index contributed by atoms with van der Waals surface area (Å²) in [7, 11) is 0. The van der Waals surface area contributed by atoms with Gasteiger partial charge in [-0.2, -0.15) is 0 Å². The molecule has 1 atom stereocenters. The van der Waals surface area contributed by atoms with Crippen molar-refractivity contribution < 1.29 is 4.79 Å². The second-order valence-corrected chi connectivity index (χ2v) is 7.66. The first-order valence-corrected chi connectivity index (χ1v) is 9.72. The van der Waals surface area contributed by atoms with Crippen LogP contribution in [0.4, 0.5) is 0 Å². The maximum atomic E-state index is 12.3. The fraction of sp³-hybridized carbons (Fsp3) is 0.350. The van der Waals surface area contributed by atoms with Crippen molar-refractivity contribution in [3.05, 3.63) is 57.9 Å². The number of amides is 1. The molecule has 4 rings (SSSR count). The first-order valence-electron chi connectivity index (χ1n) is 8.84. The molecule has 1 aliphatic rings. The fourth-order valence-corrected chi connectivity index (χ4v) is 4.66. The lowest BCUT2D eigenvalue weighted by Gasteiger charge is -2.32. The molecule has 130 valence electrons. The van der Waals surface area contributed by atoms with Gasteiger partial charge in [0, 0.05) is 41.1 Å². The van der Waals surface area contributed by atoms with Gasteiger partial charge < -0.3 is 10.3 Å².